The first-order valence-electron chi connectivity index (χ1n) is 20.2. The molecule has 2 aliphatic carbocycles. The summed E-state index contributed by atoms with van der Waals surface area (Å²) in [5, 5.41) is 0. The van der Waals surface area contributed by atoms with E-state index in [1.807, 2.05) is 19.2 Å². The Kier molecular flexibility index (Phi) is 17.7. The number of rotatable bonds is 13. The summed E-state index contributed by atoms with van der Waals surface area (Å²) in [4.78, 5) is 15.7. The largest absolute Gasteiger partial charge is 0.295 e. The predicted molar refractivity (Wildman–Crippen MR) is 220 cm³/mol. The lowest BCUT2D eigenvalue weighted by atomic mass is 9.74. The van der Waals surface area contributed by atoms with Gasteiger partial charge >= 0.3 is 0 Å². The molecule has 2 fully saturated rings. The van der Waals surface area contributed by atoms with Crippen molar-refractivity contribution in [2.45, 2.75) is 146 Å². The van der Waals surface area contributed by atoms with Gasteiger partial charge in [-0.1, -0.05) is 127 Å². The molecular formula is C48H73NO. The van der Waals surface area contributed by atoms with Crippen molar-refractivity contribution in [3.05, 3.63) is 106 Å². The Morgan fingerprint density at radius 1 is 0.900 bits per heavy atom. The Balaban J connectivity index is 0.000000278. The van der Waals surface area contributed by atoms with E-state index in [0.717, 1.165) is 40.7 Å². The maximum atomic E-state index is 11.5. The van der Waals surface area contributed by atoms with E-state index in [0.29, 0.717) is 5.92 Å². The van der Waals surface area contributed by atoms with Gasteiger partial charge < -0.3 is 0 Å². The number of pyridine rings is 1. The highest BCUT2D eigenvalue weighted by molar-refractivity contribution is 5.96. The summed E-state index contributed by atoms with van der Waals surface area (Å²) in [5.41, 5.74) is 10.3. The van der Waals surface area contributed by atoms with Crippen LogP contribution in [0.15, 0.2) is 67.0 Å². The molecule has 3 aromatic rings. The molecule has 0 bridgehead atoms. The van der Waals surface area contributed by atoms with E-state index in [1.165, 1.54) is 110 Å². The first-order chi connectivity index (χ1) is 24.0. The first-order valence-corrected chi connectivity index (χ1v) is 20.2. The predicted octanol–water partition coefficient (Wildman–Crippen LogP) is 14.0. The summed E-state index contributed by atoms with van der Waals surface area (Å²) >= 11 is 0. The minimum absolute atomic E-state index is 0. The molecule has 5 rings (SSSR count). The van der Waals surface area contributed by atoms with E-state index in [-0.39, 0.29) is 7.21 Å². The van der Waals surface area contributed by atoms with Crippen LogP contribution in [0.2, 0.25) is 0 Å². The zero-order chi connectivity index (χ0) is 36.6. The van der Waals surface area contributed by atoms with Crippen LogP contribution in [0.3, 0.4) is 0 Å². The summed E-state index contributed by atoms with van der Waals surface area (Å²) in [7, 11) is 0. The van der Waals surface area contributed by atoms with Crippen molar-refractivity contribution in [2.75, 3.05) is 0 Å². The molecule has 3 atom stereocenters. The molecule has 2 aliphatic rings. The Morgan fingerprint density at radius 2 is 1.60 bits per heavy atom. The molecule has 2 saturated carbocycles. The third-order valence-corrected chi connectivity index (χ3v) is 11.7. The van der Waals surface area contributed by atoms with Gasteiger partial charge in [0.15, 0.2) is 5.78 Å². The van der Waals surface area contributed by atoms with Crippen LogP contribution >= 0.6 is 0 Å². The molecule has 1 aromatic heterocycles. The second-order valence-electron chi connectivity index (χ2n) is 16.1. The van der Waals surface area contributed by atoms with E-state index < -0.39 is 0 Å². The fourth-order valence-electron chi connectivity index (χ4n) is 8.26. The second kappa shape index (κ2) is 21.4. The van der Waals surface area contributed by atoms with Crippen LogP contribution in [0.5, 0.6) is 0 Å². The quantitative estimate of drug-likeness (QED) is 0.168. The lowest BCUT2D eigenvalue weighted by molar-refractivity contribution is 0.101. The normalized spacial score (nSPS) is 20.7. The maximum absolute atomic E-state index is 11.5. The Morgan fingerprint density at radius 3 is 2.14 bits per heavy atom. The molecule has 0 amide bonds. The molecule has 3 unspecified atom stereocenters. The monoisotopic (exact) mass is 680 g/mol. The summed E-state index contributed by atoms with van der Waals surface area (Å²) in [5.74, 6) is 5.42. The summed E-state index contributed by atoms with van der Waals surface area (Å²) < 4.78 is 0. The first kappa shape index (κ1) is 41.4. The van der Waals surface area contributed by atoms with E-state index in [2.05, 4.69) is 115 Å². The van der Waals surface area contributed by atoms with Crippen LogP contribution in [-0.2, 0) is 12.8 Å². The number of carbonyl (C=O) groups excluding carboxylic acids is 1. The third-order valence-electron chi connectivity index (χ3n) is 11.7. The highest BCUT2D eigenvalue weighted by Crippen LogP contribution is 2.52. The standard InChI is InChI=1S/C20H33N.C18H24O.C10H14.H2/c1-4-6-16(2)19-11-9-18(10-12-19)7-5-8-20-15-21-14-13-17(20)3;1-6-15(18-10-17(18)11(2)3)14-7-8-16(13(5)19)12(4)9-14;1-3-4-10-7-5-9(2)6-8-10;/h13-16,18-19H,4-12H2,1-3H3;6-9,11,17-18H,10H2,1-5H3;5-8H,3-4H2,1-2H3;1H/b;15-6-;;. The van der Waals surface area contributed by atoms with Gasteiger partial charge in [-0.25, -0.2) is 0 Å². The molecular weight excluding hydrogens is 607 g/mol. The number of hydrogen-bond donors (Lipinski definition) is 0. The summed E-state index contributed by atoms with van der Waals surface area (Å²) in [6, 6.07) is 17.1. The van der Waals surface area contributed by atoms with Crippen LogP contribution in [0.25, 0.3) is 5.57 Å². The SMILES string of the molecule is C/C=C(/c1ccc(C(C)=O)c(C)c1)C1CC1C(C)C.CCCC(C)C1CCC(CCCc2cnccc2C)CC1.CCCc1ccc(C)cc1.[HH]. The van der Waals surface area contributed by atoms with Gasteiger partial charge in [-0.05, 0) is 148 Å². The Hall–Kier alpha value is -3.00. The van der Waals surface area contributed by atoms with Crippen molar-refractivity contribution in [3.63, 3.8) is 0 Å². The van der Waals surface area contributed by atoms with Crippen molar-refractivity contribution < 1.29 is 6.22 Å². The fourth-order valence-corrected chi connectivity index (χ4v) is 8.26. The topological polar surface area (TPSA) is 30.0 Å². The van der Waals surface area contributed by atoms with Gasteiger partial charge in [0.2, 0.25) is 0 Å². The number of aryl methyl sites for hydroxylation is 5. The van der Waals surface area contributed by atoms with Gasteiger partial charge in [-0.2, -0.15) is 0 Å². The molecule has 50 heavy (non-hydrogen) atoms. The lowest BCUT2D eigenvalue weighted by Gasteiger charge is -2.32. The van der Waals surface area contributed by atoms with Gasteiger partial charge in [-0.15, -0.1) is 0 Å². The molecule has 2 heteroatoms. The highest BCUT2D eigenvalue weighted by atomic mass is 16.1. The van der Waals surface area contributed by atoms with Crippen LogP contribution in [0.1, 0.15) is 158 Å². The average Bonchev–Trinajstić information content (AvgIpc) is 3.89. The number of benzene rings is 2. The second-order valence-corrected chi connectivity index (χ2v) is 16.1. The summed E-state index contributed by atoms with van der Waals surface area (Å²) in [6.07, 6.45) is 22.6. The number of aromatic nitrogens is 1. The zero-order valence-corrected chi connectivity index (χ0v) is 33.7. The number of hydrogen-bond acceptors (Lipinski definition) is 2. The van der Waals surface area contributed by atoms with Crippen LogP contribution in [-0.4, -0.2) is 10.8 Å². The summed E-state index contributed by atoms with van der Waals surface area (Å²) in [6.45, 7) is 21.7. The number of nitrogens with zero attached hydrogens (tertiary/aromatic N) is 1. The lowest BCUT2D eigenvalue weighted by Crippen LogP contribution is -2.20. The van der Waals surface area contributed by atoms with Crippen molar-refractivity contribution in [2.24, 2.45) is 35.5 Å². The van der Waals surface area contributed by atoms with Crippen molar-refractivity contribution in [1.82, 2.24) is 4.98 Å². The smallest absolute Gasteiger partial charge is 0.160 e. The van der Waals surface area contributed by atoms with Gasteiger partial charge in [0.1, 0.15) is 0 Å². The Bertz CT molecular complexity index is 1460. The van der Waals surface area contributed by atoms with Crippen molar-refractivity contribution >= 4 is 11.4 Å². The molecule has 2 nitrogen and oxygen atoms in total. The molecule has 2 aromatic carbocycles. The van der Waals surface area contributed by atoms with Gasteiger partial charge in [-0.3, -0.25) is 9.78 Å². The van der Waals surface area contributed by atoms with Gasteiger partial charge in [0.05, 0.1) is 0 Å². The third kappa shape index (κ3) is 13.3. The molecule has 0 aliphatic heterocycles. The molecule has 0 N–H and O–H groups in total. The van der Waals surface area contributed by atoms with E-state index in [4.69, 9.17) is 0 Å². The molecule has 0 spiro atoms. The fraction of sp³-hybridized carbons (Fsp3) is 0.583. The van der Waals surface area contributed by atoms with Crippen LogP contribution in [0, 0.1) is 56.3 Å². The maximum Gasteiger partial charge on any atom is 0.160 e. The zero-order valence-electron chi connectivity index (χ0n) is 33.7. The molecule has 0 saturated heterocycles. The average molecular weight is 680 g/mol. The van der Waals surface area contributed by atoms with Crippen molar-refractivity contribution in [3.8, 4) is 0 Å². The number of allylic oxidation sites excluding steroid dienone is 2. The molecule has 0 radical (unpaired) electrons. The molecule has 1 heterocycles. The number of ketones is 1. The Labute approximate surface area is 309 Å². The van der Waals surface area contributed by atoms with Gasteiger partial charge in [0.25, 0.3) is 0 Å². The minimum Gasteiger partial charge on any atom is -0.295 e. The minimum atomic E-state index is 0. The van der Waals surface area contributed by atoms with E-state index in [9.17, 15) is 4.79 Å². The van der Waals surface area contributed by atoms with Crippen LogP contribution in [0.4, 0.5) is 0 Å². The number of Topliss-reactive ketones (excluding diaryl/α,β-unsaturated/α-hetero) is 1. The van der Waals surface area contributed by atoms with Crippen molar-refractivity contribution in [1.29, 1.82) is 0 Å². The molecule has 276 valence electrons. The number of carbonyl (C=O) groups is 1. The van der Waals surface area contributed by atoms with Gasteiger partial charge in [0, 0.05) is 19.4 Å². The van der Waals surface area contributed by atoms with E-state index >= 15 is 0 Å². The highest BCUT2D eigenvalue weighted by Gasteiger charge is 2.41. The van der Waals surface area contributed by atoms with Crippen LogP contribution < -0.4 is 0 Å². The van der Waals surface area contributed by atoms with E-state index in [1.54, 1.807) is 6.92 Å².